The molecule has 0 aliphatic carbocycles. The number of benzene rings is 3. The number of rotatable bonds is 7. The molecule has 4 rings (SSSR count). The second-order valence-electron chi connectivity index (χ2n) is 7.69. The number of halogens is 1. The molecular weight excluding hydrogens is 467 g/mol. The van der Waals surface area contributed by atoms with Crippen LogP contribution in [0.2, 0.25) is 0 Å². The van der Waals surface area contributed by atoms with Crippen molar-refractivity contribution in [2.75, 3.05) is 22.7 Å². The summed E-state index contributed by atoms with van der Waals surface area (Å²) in [7, 11) is -6.20. The lowest BCUT2D eigenvalue weighted by Gasteiger charge is -2.31. The average Bonchev–Trinajstić information content (AvgIpc) is 2.78. The molecule has 3 aromatic rings. The van der Waals surface area contributed by atoms with E-state index in [2.05, 4.69) is 4.72 Å². The lowest BCUT2D eigenvalue weighted by molar-refractivity contribution is 0.414. The van der Waals surface area contributed by atoms with E-state index in [0.717, 1.165) is 11.6 Å². The van der Waals surface area contributed by atoms with Crippen LogP contribution in [0.3, 0.4) is 0 Å². The highest BCUT2D eigenvalue weighted by molar-refractivity contribution is 7.93. The highest BCUT2D eigenvalue weighted by atomic mass is 32.2. The fourth-order valence-corrected chi connectivity index (χ4v) is 6.50. The molecule has 1 N–H and O–H groups in total. The van der Waals surface area contributed by atoms with E-state index >= 15 is 0 Å². The van der Waals surface area contributed by atoms with Gasteiger partial charge in [0.2, 0.25) is 10.0 Å². The van der Waals surface area contributed by atoms with Crippen molar-refractivity contribution < 1.29 is 26.0 Å². The Labute approximate surface area is 192 Å². The normalized spacial score (nSPS) is 13.9. The van der Waals surface area contributed by atoms with Gasteiger partial charge in [0.05, 0.1) is 29.1 Å². The van der Waals surface area contributed by atoms with E-state index in [4.69, 9.17) is 4.74 Å². The summed E-state index contributed by atoms with van der Waals surface area (Å²) >= 11 is 0. The van der Waals surface area contributed by atoms with E-state index in [1.54, 1.807) is 24.3 Å². The minimum atomic E-state index is -3.86. The number of methoxy groups -OCH3 is 1. The van der Waals surface area contributed by atoms with E-state index in [1.807, 2.05) is 0 Å². The molecule has 0 atom stereocenters. The minimum absolute atomic E-state index is 0.119. The number of hydrogen-bond donors (Lipinski definition) is 1. The highest BCUT2D eigenvalue weighted by Crippen LogP contribution is 2.35. The number of ether oxygens (including phenoxy) is 1. The van der Waals surface area contributed by atoms with Gasteiger partial charge in [-0.15, -0.1) is 0 Å². The van der Waals surface area contributed by atoms with Crippen molar-refractivity contribution in [2.45, 2.75) is 23.5 Å². The molecule has 1 heterocycles. The van der Waals surface area contributed by atoms with E-state index in [1.165, 1.54) is 47.8 Å². The molecule has 0 amide bonds. The maximum atomic E-state index is 13.4. The smallest absolute Gasteiger partial charge is 0.264 e. The number of aryl methyl sites for hydroxylation is 1. The fourth-order valence-electron chi connectivity index (χ4n) is 3.79. The Hall–Kier alpha value is -3.11. The van der Waals surface area contributed by atoms with Crippen molar-refractivity contribution in [3.05, 3.63) is 83.7 Å². The van der Waals surface area contributed by atoms with E-state index < -0.39 is 31.6 Å². The molecule has 1 aliphatic heterocycles. The lowest BCUT2D eigenvalue weighted by atomic mass is 10.0. The topological polar surface area (TPSA) is 92.8 Å². The summed E-state index contributed by atoms with van der Waals surface area (Å²) in [4.78, 5) is 0.119. The number of sulfonamides is 2. The number of hydrogen-bond acceptors (Lipinski definition) is 5. The second-order valence-corrected chi connectivity index (χ2v) is 11.3. The highest BCUT2D eigenvalue weighted by Gasteiger charge is 2.29. The van der Waals surface area contributed by atoms with Crippen LogP contribution in [0.4, 0.5) is 15.8 Å². The quantitative estimate of drug-likeness (QED) is 0.542. The van der Waals surface area contributed by atoms with Crippen LogP contribution in [0.25, 0.3) is 0 Å². The van der Waals surface area contributed by atoms with Crippen molar-refractivity contribution in [3.8, 4) is 5.75 Å². The van der Waals surface area contributed by atoms with Gasteiger partial charge in [-0.25, -0.2) is 21.2 Å². The molecule has 7 nitrogen and oxygen atoms in total. The van der Waals surface area contributed by atoms with Crippen LogP contribution in [0, 0.1) is 5.82 Å². The zero-order valence-electron chi connectivity index (χ0n) is 17.9. The summed E-state index contributed by atoms with van der Waals surface area (Å²) in [6, 6.07) is 16.3. The molecule has 1 aliphatic rings. The first kappa shape index (κ1) is 23.1. The van der Waals surface area contributed by atoms with Gasteiger partial charge in [0.25, 0.3) is 10.0 Å². The summed E-state index contributed by atoms with van der Waals surface area (Å²) in [6.45, 7) is 0.279. The first-order chi connectivity index (χ1) is 15.7. The van der Waals surface area contributed by atoms with Crippen molar-refractivity contribution in [3.63, 3.8) is 0 Å². The zero-order chi connectivity index (χ0) is 23.6. The van der Waals surface area contributed by atoms with Gasteiger partial charge < -0.3 is 4.74 Å². The average molecular weight is 491 g/mol. The van der Waals surface area contributed by atoms with Gasteiger partial charge >= 0.3 is 0 Å². The van der Waals surface area contributed by atoms with Gasteiger partial charge in [-0.05, 0) is 72.5 Å². The third kappa shape index (κ3) is 5.12. The molecular formula is C23H23FN2O5S2. The second kappa shape index (κ2) is 9.03. The minimum Gasteiger partial charge on any atom is -0.497 e. The molecule has 0 spiro atoms. The summed E-state index contributed by atoms with van der Waals surface area (Å²) in [5, 5.41) is 0. The van der Waals surface area contributed by atoms with Gasteiger partial charge in [0, 0.05) is 6.54 Å². The van der Waals surface area contributed by atoms with E-state index in [-0.39, 0.29) is 17.1 Å². The van der Waals surface area contributed by atoms with Crippen LogP contribution in [0.15, 0.2) is 71.6 Å². The molecule has 3 aromatic carbocycles. The molecule has 33 heavy (non-hydrogen) atoms. The Morgan fingerprint density at radius 1 is 1.00 bits per heavy atom. The fraction of sp³-hybridized carbons (Fsp3) is 0.217. The van der Waals surface area contributed by atoms with Crippen LogP contribution >= 0.6 is 0 Å². The number of fused-ring (bicyclic) bond motifs is 1. The van der Waals surface area contributed by atoms with E-state index in [0.29, 0.717) is 29.8 Å². The predicted octanol–water partition coefficient (Wildman–Crippen LogP) is 3.92. The Balaban J connectivity index is 1.62. The van der Waals surface area contributed by atoms with E-state index in [9.17, 15) is 21.2 Å². The zero-order valence-corrected chi connectivity index (χ0v) is 19.5. The predicted molar refractivity (Wildman–Crippen MR) is 125 cm³/mol. The Kier molecular flexibility index (Phi) is 6.31. The molecule has 0 radical (unpaired) electrons. The first-order valence-corrected chi connectivity index (χ1v) is 13.3. The molecule has 0 fully saturated rings. The third-order valence-electron chi connectivity index (χ3n) is 5.33. The van der Waals surface area contributed by atoms with Crippen molar-refractivity contribution in [1.82, 2.24) is 0 Å². The van der Waals surface area contributed by atoms with Gasteiger partial charge in [-0.3, -0.25) is 9.03 Å². The van der Waals surface area contributed by atoms with Gasteiger partial charge in [-0.1, -0.05) is 18.2 Å². The summed E-state index contributed by atoms with van der Waals surface area (Å²) in [5.74, 6) is -0.380. The van der Waals surface area contributed by atoms with Gasteiger partial charge in [0.1, 0.15) is 11.6 Å². The Morgan fingerprint density at radius 3 is 2.45 bits per heavy atom. The molecule has 0 saturated heterocycles. The summed E-state index contributed by atoms with van der Waals surface area (Å²) in [6.07, 6.45) is 1.33. The van der Waals surface area contributed by atoms with Crippen LogP contribution in [-0.2, 0) is 32.2 Å². The largest absolute Gasteiger partial charge is 0.497 e. The van der Waals surface area contributed by atoms with Gasteiger partial charge in [0.15, 0.2) is 0 Å². The van der Waals surface area contributed by atoms with Crippen molar-refractivity contribution in [2.24, 2.45) is 0 Å². The summed E-state index contributed by atoms with van der Waals surface area (Å²) < 4.78 is 74.2. The molecule has 10 heteroatoms. The first-order valence-electron chi connectivity index (χ1n) is 10.2. The standard InChI is InChI=1S/C23H23FN2O5S2/c1-31-21-9-11-22(12-10-21)33(29,30)26-13-3-5-18-7-8-20(15-23(18)26)25-32(27,28)16-17-4-2-6-19(24)14-17/h2,4,6-12,14-15,25H,3,5,13,16H2,1H3. The summed E-state index contributed by atoms with van der Waals surface area (Å²) in [5.41, 5.74) is 1.79. The third-order valence-corrected chi connectivity index (χ3v) is 8.42. The molecule has 174 valence electrons. The Morgan fingerprint density at radius 2 is 1.76 bits per heavy atom. The lowest BCUT2D eigenvalue weighted by Crippen LogP contribution is -2.35. The van der Waals surface area contributed by atoms with Crippen molar-refractivity contribution >= 4 is 31.4 Å². The SMILES string of the molecule is COc1ccc(S(=O)(=O)N2CCCc3ccc(NS(=O)(=O)Cc4cccc(F)c4)cc32)cc1. The van der Waals surface area contributed by atoms with Crippen molar-refractivity contribution in [1.29, 1.82) is 0 Å². The number of anilines is 2. The van der Waals surface area contributed by atoms with Crippen LogP contribution in [0.5, 0.6) is 5.75 Å². The van der Waals surface area contributed by atoms with Crippen LogP contribution < -0.4 is 13.8 Å². The monoisotopic (exact) mass is 490 g/mol. The van der Waals surface area contributed by atoms with Crippen LogP contribution in [0.1, 0.15) is 17.5 Å². The molecule has 0 aromatic heterocycles. The molecule has 0 saturated carbocycles. The molecule has 0 bridgehead atoms. The number of nitrogens with one attached hydrogen (secondary N) is 1. The Bertz CT molecular complexity index is 1370. The maximum absolute atomic E-state index is 13.4. The van der Waals surface area contributed by atoms with Gasteiger partial charge in [-0.2, -0.15) is 0 Å². The maximum Gasteiger partial charge on any atom is 0.264 e. The molecule has 0 unspecified atom stereocenters. The van der Waals surface area contributed by atoms with Crippen LogP contribution in [-0.4, -0.2) is 30.5 Å². The number of nitrogens with zero attached hydrogens (tertiary/aromatic N) is 1.